The SMILES string of the molecule is O=C(N/N=C\[C@H]1C(=O)NC(=O)N([C@H]2C[C@H]3CC[C@H]2C3)C1=O)c1ccccc1. The van der Waals surface area contributed by atoms with E-state index in [0.717, 1.165) is 31.9 Å². The Labute approximate surface area is 156 Å². The fraction of sp³-hybridized carbons (Fsp3) is 0.421. The molecule has 1 aromatic carbocycles. The van der Waals surface area contributed by atoms with Crippen molar-refractivity contribution in [3.8, 4) is 0 Å². The minimum Gasteiger partial charge on any atom is -0.277 e. The van der Waals surface area contributed by atoms with Crippen LogP contribution in [0.2, 0.25) is 0 Å². The number of nitrogens with one attached hydrogen (secondary N) is 2. The molecule has 3 fully saturated rings. The first kappa shape index (κ1) is 17.4. The summed E-state index contributed by atoms with van der Waals surface area (Å²) in [6.07, 6.45) is 5.06. The van der Waals surface area contributed by atoms with Crippen LogP contribution < -0.4 is 10.7 Å². The highest BCUT2D eigenvalue weighted by Crippen LogP contribution is 2.47. The topological polar surface area (TPSA) is 108 Å². The average molecular weight is 368 g/mol. The minimum atomic E-state index is -1.22. The quantitative estimate of drug-likeness (QED) is 0.474. The number of barbiturate groups is 1. The molecule has 140 valence electrons. The zero-order valence-electron chi connectivity index (χ0n) is 14.6. The first-order chi connectivity index (χ1) is 13.0. The van der Waals surface area contributed by atoms with E-state index in [1.54, 1.807) is 30.3 Å². The van der Waals surface area contributed by atoms with Gasteiger partial charge in [0.05, 0.1) is 0 Å². The third kappa shape index (κ3) is 3.22. The van der Waals surface area contributed by atoms with Gasteiger partial charge in [0.1, 0.15) is 0 Å². The van der Waals surface area contributed by atoms with Crippen molar-refractivity contribution in [2.45, 2.75) is 31.7 Å². The van der Waals surface area contributed by atoms with Crippen molar-refractivity contribution in [1.82, 2.24) is 15.6 Å². The molecule has 0 radical (unpaired) electrons. The van der Waals surface area contributed by atoms with Gasteiger partial charge in [0.15, 0.2) is 5.92 Å². The summed E-state index contributed by atoms with van der Waals surface area (Å²) in [6.45, 7) is 0. The first-order valence-electron chi connectivity index (χ1n) is 9.11. The fourth-order valence-electron chi connectivity index (χ4n) is 4.40. The Bertz CT molecular complexity index is 822. The second-order valence-corrected chi connectivity index (χ2v) is 7.31. The van der Waals surface area contributed by atoms with Gasteiger partial charge in [-0.25, -0.2) is 10.2 Å². The zero-order chi connectivity index (χ0) is 19.0. The van der Waals surface area contributed by atoms with Crippen LogP contribution in [0.3, 0.4) is 0 Å². The highest BCUT2D eigenvalue weighted by molar-refractivity contribution is 6.23. The van der Waals surface area contributed by atoms with Gasteiger partial charge in [-0.1, -0.05) is 24.6 Å². The molecule has 2 saturated carbocycles. The highest BCUT2D eigenvalue weighted by atomic mass is 16.2. The van der Waals surface area contributed by atoms with Crippen molar-refractivity contribution in [1.29, 1.82) is 0 Å². The van der Waals surface area contributed by atoms with E-state index in [1.165, 1.54) is 4.90 Å². The van der Waals surface area contributed by atoms with Crippen LogP contribution in [-0.4, -0.2) is 40.9 Å². The Morgan fingerprint density at radius 3 is 2.59 bits per heavy atom. The number of nitrogens with zero attached hydrogens (tertiary/aromatic N) is 2. The zero-order valence-corrected chi connectivity index (χ0v) is 14.6. The van der Waals surface area contributed by atoms with E-state index in [4.69, 9.17) is 0 Å². The Balaban J connectivity index is 1.45. The number of hydrazone groups is 1. The van der Waals surface area contributed by atoms with E-state index >= 15 is 0 Å². The number of fused-ring (bicyclic) bond motifs is 2. The molecule has 0 aromatic heterocycles. The second-order valence-electron chi connectivity index (χ2n) is 7.31. The van der Waals surface area contributed by atoms with Gasteiger partial charge in [0.25, 0.3) is 5.91 Å². The lowest BCUT2D eigenvalue weighted by Gasteiger charge is -2.36. The van der Waals surface area contributed by atoms with Gasteiger partial charge >= 0.3 is 6.03 Å². The normalized spacial score (nSPS) is 30.1. The molecule has 1 aliphatic heterocycles. The average Bonchev–Trinajstić information content (AvgIpc) is 3.28. The molecule has 8 nitrogen and oxygen atoms in total. The maximum absolute atomic E-state index is 12.8. The molecule has 1 saturated heterocycles. The molecular formula is C19H20N4O4. The molecule has 1 aromatic rings. The minimum absolute atomic E-state index is 0.154. The van der Waals surface area contributed by atoms with E-state index in [0.29, 0.717) is 17.4 Å². The molecule has 27 heavy (non-hydrogen) atoms. The summed E-state index contributed by atoms with van der Waals surface area (Å²) < 4.78 is 0. The predicted molar refractivity (Wildman–Crippen MR) is 95.5 cm³/mol. The van der Waals surface area contributed by atoms with Gasteiger partial charge in [-0.2, -0.15) is 5.10 Å². The largest absolute Gasteiger partial charge is 0.331 e. The number of amides is 5. The van der Waals surface area contributed by atoms with Gasteiger partial charge < -0.3 is 0 Å². The third-order valence-corrected chi connectivity index (χ3v) is 5.69. The smallest absolute Gasteiger partial charge is 0.277 e. The molecule has 2 aliphatic carbocycles. The number of benzene rings is 1. The van der Waals surface area contributed by atoms with Crippen molar-refractivity contribution in [3.05, 3.63) is 35.9 Å². The van der Waals surface area contributed by atoms with E-state index < -0.39 is 29.7 Å². The van der Waals surface area contributed by atoms with Crippen LogP contribution in [-0.2, 0) is 9.59 Å². The number of rotatable bonds is 4. The summed E-state index contributed by atoms with van der Waals surface area (Å²) in [4.78, 5) is 50.3. The molecule has 1 heterocycles. The molecule has 0 spiro atoms. The van der Waals surface area contributed by atoms with Gasteiger partial charge in [-0.15, -0.1) is 0 Å². The molecule has 8 heteroatoms. The van der Waals surface area contributed by atoms with Crippen LogP contribution in [0.25, 0.3) is 0 Å². The van der Waals surface area contributed by atoms with Crippen LogP contribution in [0.5, 0.6) is 0 Å². The maximum atomic E-state index is 12.8. The first-order valence-corrected chi connectivity index (χ1v) is 9.11. The summed E-state index contributed by atoms with van der Waals surface area (Å²) in [5.41, 5.74) is 2.71. The second kappa shape index (κ2) is 6.94. The summed E-state index contributed by atoms with van der Waals surface area (Å²) in [5, 5.41) is 6.00. The maximum Gasteiger partial charge on any atom is 0.331 e. The number of carbonyl (C=O) groups excluding carboxylic acids is 4. The molecular weight excluding hydrogens is 348 g/mol. The Morgan fingerprint density at radius 1 is 1.15 bits per heavy atom. The molecule has 3 aliphatic rings. The number of carbonyl (C=O) groups is 4. The van der Waals surface area contributed by atoms with Crippen molar-refractivity contribution < 1.29 is 19.2 Å². The lowest BCUT2D eigenvalue weighted by Crippen LogP contribution is -2.62. The summed E-state index contributed by atoms with van der Waals surface area (Å²) in [6, 6.07) is 7.66. The highest BCUT2D eigenvalue weighted by Gasteiger charge is 2.50. The summed E-state index contributed by atoms with van der Waals surface area (Å²) in [7, 11) is 0. The van der Waals surface area contributed by atoms with Crippen molar-refractivity contribution >= 4 is 30.0 Å². The molecule has 4 atom stereocenters. The summed E-state index contributed by atoms with van der Waals surface area (Å²) in [5.74, 6) is -2.10. The Hall–Kier alpha value is -3.03. The molecule has 0 unspecified atom stereocenters. The monoisotopic (exact) mass is 368 g/mol. The van der Waals surface area contributed by atoms with Gasteiger partial charge in [-0.3, -0.25) is 24.6 Å². The van der Waals surface area contributed by atoms with E-state index in [9.17, 15) is 19.2 Å². The van der Waals surface area contributed by atoms with Crippen molar-refractivity contribution in [2.24, 2.45) is 22.9 Å². The third-order valence-electron chi connectivity index (χ3n) is 5.69. The predicted octanol–water partition coefficient (Wildman–Crippen LogP) is 1.29. The Kier molecular flexibility index (Phi) is 4.47. The Morgan fingerprint density at radius 2 is 1.93 bits per heavy atom. The van der Waals surface area contributed by atoms with E-state index in [-0.39, 0.29) is 6.04 Å². The molecule has 5 amide bonds. The fourth-order valence-corrected chi connectivity index (χ4v) is 4.40. The molecule has 2 bridgehead atoms. The lowest BCUT2D eigenvalue weighted by atomic mass is 9.92. The molecule has 2 N–H and O–H groups in total. The van der Waals surface area contributed by atoms with Gasteiger partial charge in [0.2, 0.25) is 11.8 Å². The van der Waals surface area contributed by atoms with Crippen molar-refractivity contribution in [3.63, 3.8) is 0 Å². The van der Waals surface area contributed by atoms with Crippen LogP contribution in [0.1, 0.15) is 36.0 Å². The number of urea groups is 1. The summed E-state index contributed by atoms with van der Waals surface area (Å²) >= 11 is 0. The number of hydrogen-bond donors (Lipinski definition) is 2. The van der Waals surface area contributed by atoms with Crippen LogP contribution in [0, 0.1) is 17.8 Å². The molecule has 4 rings (SSSR count). The number of hydrogen-bond acceptors (Lipinski definition) is 5. The van der Waals surface area contributed by atoms with Crippen molar-refractivity contribution in [2.75, 3.05) is 0 Å². The van der Waals surface area contributed by atoms with E-state index in [2.05, 4.69) is 15.8 Å². The van der Waals surface area contributed by atoms with Crippen LogP contribution in [0.4, 0.5) is 4.79 Å². The number of imide groups is 2. The standard InChI is InChI=1S/C19H20N4O4/c24-16(12-4-2-1-3-5-12)22-20-10-14-17(25)21-19(27)23(18(14)26)15-9-11-6-7-13(15)8-11/h1-5,10-11,13-15H,6-9H2,(H,22,24)(H,21,25,27)/b20-10-/t11-,13-,14-,15-/m0/s1. The van der Waals surface area contributed by atoms with Crippen LogP contribution >= 0.6 is 0 Å². The van der Waals surface area contributed by atoms with Gasteiger partial charge in [0, 0.05) is 17.8 Å². The van der Waals surface area contributed by atoms with E-state index in [1.807, 2.05) is 0 Å². The lowest BCUT2D eigenvalue weighted by molar-refractivity contribution is -0.141. The van der Waals surface area contributed by atoms with Crippen LogP contribution in [0.15, 0.2) is 35.4 Å². The van der Waals surface area contributed by atoms with Gasteiger partial charge in [-0.05, 0) is 43.2 Å².